The van der Waals surface area contributed by atoms with Crippen molar-refractivity contribution in [3.05, 3.63) is 52.7 Å². The van der Waals surface area contributed by atoms with Gasteiger partial charge in [0.25, 0.3) is 0 Å². The summed E-state index contributed by atoms with van der Waals surface area (Å²) in [5, 5.41) is 0.0128. The van der Waals surface area contributed by atoms with Crippen LogP contribution in [0.2, 0.25) is 5.02 Å². The number of hydrogen-bond acceptors (Lipinski definition) is 4. The Morgan fingerprint density at radius 3 is 2.95 bits per heavy atom. The first-order chi connectivity index (χ1) is 9.11. The lowest BCUT2D eigenvalue weighted by Crippen LogP contribution is -2.30. The molecule has 0 spiro atoms. The smallest absolute Gasteiger partial charge is 0.301 e. The summed E-state index contributed by atoms with van der Waals surface area (Å²) in [5.74, 6) is 4.22. The lowest BCUT2D eigenvalue weighted by atomic mass is 10.2. The highest BCUT2D eigenvalue weighted by atomic mass is 35.5. The van der Waals surface area contributed by atoms with Crippen molar-refractivity contribution in [3.8, 4) is 5.75 Å². The molecule has 0 saturated carbocycles. The maximum Gasteiger partial charge on any atom is 0.301 e. The molecule has 1 amide bonds. The minimum Gasteiger partial charge on any atom is -0.489 e. The number of hydrogen-bond donors (Lipinski definition) is 2. The van der Waals surface area contributed by atoms with Crippen LogP contribution in [0, 0.1) is 5.82 Å². The number of carbonyl (C=O) groups excluding carboxylic acids is 1. The Kier molecular flexibility index (Phi) is 4.03. The van der Waals surface area contributed by atoms with Crippen molar-refractivity contribution in [2.45, 2.75) is 6.61 Å². The average Bonchev–Trinajstić information content (AvgIpc) is 2.87. The van der Waals surface area contributed by atoms with Gasteiger partial charge in [0.05, 0.1) is 11.3 Å². The fourth-order valence-electron chi connectivity index (χ4n) is 1.44. The van der Waals surface area contributed by atoms with Gasteiger partial charge in [0.15, 0.2) is 5.76 Å². The zero-order valence-electron chi connectivity index (χ0n) is 9.65. The molecule has 0 bridgehead atoms. The van der Waals surface area contributed by atoms with E-state index in [1.165, 1.54) is 18.4 Å². The van der Waals surface area contributed by atoms with Gasteiger partial charge in [-0.3, -0.25) is 10.2 Å². The Balaban J connectivity index is 2.08. The second-order valence-corrected chi connectivity index (χ2v) is 4.02. The summed E-state index contributed by atoms with van der Waals surface area (Å²) in [4.78, 5) is 11.3. The number of ether oxygens (including phenoxy) is 1. The van der Waals surface area contributed by atoms with Gasteiger partial charge in [0.1, 0.15) is 18.2 Å². The molecular formula is C12H10ClFN2O3. The standard InChI is InChI=1S/C12H10ClFN2O3/c13-9-2-1-8(5-10(9)14)19-6-7-3-4-18-11(7)12(17)16-15/h1-5H,6,15H2,(H,16,17). The third-order valence-electron chi connectivity index (χ3n) is 2.37. The third kappa shape index (κ3) is 3.04. The van der Waals surface area contributed by atoms with E-state index in [2.05, 4.69) is 0 Å². The Bertz CT molecular complexity index is 600. The number of nitrogens with two attached hydrogens (primary N) is 1. The van der Waals surface area contributed by atoms with Gasteiger partial charge >= 0.3 is 5.91 Å². The zero-order chi connectivity index (χ0) is 13.8. The van der Waals surface area contributed by atoms with Crippen LogP contribution < -0.4 is 16.0 Å². The lowest BCUT2D eigenvalue weighted by molar-refractivity contribution is 0.0922. The van der Waals surface area contributed by atoms with Gasteiger partial charge in [-0.25, -0.2) is 10.2 Å². The number of rotatable bonds is 4. The summed E-state index contributed by atoms with van der Waals surface area (Å²) in [5.41, 5.74) is 2.46. The van der Waals surface area contributed by atoms with Crippen molar-refractivity contribution in [1.29, 1.82) is 0 Å². The van der Waals surface area contributed by atoms with Crippen LogP contribution in [0.5, 0.6) is 5.75 Å². The van der Waals surface area contributed by atoms with E-state index < -0.39 is 11.7 Å². The maximum atomic E-state index is 13.2. The Morgan fingerprint density at radius 2 is 2.26 bits per heavy atom. The van der Waals surface area contributed by atoms with Crippen LogP contribution in [-0.4, -0.2) is 5.91 Å². The second-order valence-electron chi connectivity index (χ2n) is 3.61. The van der Waals surface area contributed by atoms with Crippen LogP contribution in [0.4, 0.5) is 4.39 Å². The first-order valence-electron chi connectivity index (χ1n) is 5.27. The quantitative estimate of drug-likeness (QED) is 0.513. The molecule has 100 valence electrons. The molecule has 0 aliphatic rings. The predicted octanol–water partition coefficient (Wildman–Crippen LogP) is 2.25. The van der Waals surface area contributed by atoms with Gasteiger partial charge in [-0.15, -0.1) is 0 Å². The first-order valence-corrected chi connectivity index (χ1v) is 5.64. The highest BCUT2D eigenvalue weighted by Gasteiger charge is 2.14. The van der Waals surface area contributed by atoms with E-state index in [-0.39, 0.29) is 17.4 Å². The van der Waals surface area contributed by atoms with E-state index in [1.54, 1.807) is 6.07 Å². The molecule has 2 aromatic rings. The minimum absolute atomic E-state index is 0.0128. The van der Waals surface area contributed by atoms with Gasteiger partial charge < -0.3 is 9.15 Å². The number of furan rings is 1. The Labute approximate surface area is 113 Å². The van der Waals surface area contributed by atoms with Crippen LogP contribution in [0.25, 0.3) is 0 Å². The van der Waals surface area contributed by atoms with Crippen molar-refractivity contribution in [1.82, 2.24) is 5.43 Å². The summed E-state index contributed by atoms with van der Waals surface area (Å²) >= 11 is 5.55. The summed E-state index contributed by atoms with van der Waals surface area (Å²) < 4.78 is 23.5. The Hall–Kier alpha value is -2.05. The van der Waals surface area contributed by atoms with E-state index in [4.69, 9.17) is 26.6 Å². The molecule has 19 heavy (non-hydrogen) atoms. The molecule has 1 aromatic carbocycles. The summed E-state index contributed by atoms with van der Waals surface area (Å²) in [7, 11) is 0. The molecule has 7 heteroatoms. The molecule has 0 aliphatic heterocycles. The minimum atomic E-state index is -0.578. The van der Waals surface area contributed by atoms with Crippen molar-refractivity contribution < 1.29 is 18.3 Å². The fraction of sp³-hybridized carbons (Fsp3) is 0.0833. The van der Waals surface area contributed by atoms with Gasteiger partial charge in [-0.1, -0.05) is 11.6 Å². The molecule has 0 aliphatic carbocycles. The first kappa shape index (κ1) is 13.4. The predicted molar refractivity (Wildman–Crippen MR) is 66.1 cm³/mol. The van der Waals surface area contributed by atoms with E-state index in [1.807, 2.05) is 5.43 Å². The summed E-state index contributed by atoms with van der Waals surface area (Å²) in [6, 6.07) is 5.63. The van der Waals surface area contributed by atoms with Crippen LogP contribution in [0.1, 0.15) is 16.1 Å². The van der Waals surface area contributed by atoms with Crippen molar-refractivity contribution >= 4 is 17.5 Å². The van der Waals surface area contributed by atoms with E-state index >= 15 is 0 Å². The topological polar surface area (TPSA) is 77.5 Å². The number of hydrazine groups is 1. The number of halogens is 2. The molecule has 0 atom stereocenters. The van der Waals surface area contributed by atoms with Gasteiger partial charge in [-0.05, 0) is 18.2 Å². The van der Waals surface area contributed by atoms with Gasteiger partial charge in [0.2, 0.25) is 0 Å². The SMILES string of the molecule is NNC(=O)c1occc1COc1ccc(Cl)c(F)c1. The van der Waals surface area contributed by atoms with E-state index in [9.17, 15) is 9.18 Å². The highest BCUT2D eigenvalue weighted by Crippen LogP contribution is 2.22. The van der Waals surface area contributed by atoms with Crippen LogP contribution >= 0.6 is 11.6 Å². The van der Waals surface area contributed by atoms with Gasteiger partial charge in [0, 0.05) is 11.6 Å². The van der Waals surface area contributed by atoms with E-state index in [0.717, 1.165) is 6.07 Å². The molecule has 0 unspecified atom stereocenters. The van der Waals surface area contributed by atoms with E-state index in [0.29, 0.717) is 11.3 Å². The molecule has 0 saturated heterocycles. The van der Waals surface area contributed by atoms with Crippen molar-refractivity contribution in [3.63, 3.8) is 0 Å². The summed E-state index contributed by atoms with van der Waals surface area (Å²) in [6.45, 7) is 0.0420. The highest BCUT2D eigenvalue weighted by molar-refractivity contribution is 6.30. The second kappa shape index (κ2) is 5.73. The van der Waals surface area contributed by atoms with Gasteiger partial charge in [-0.2, -0.15) is 0 Å². The Morgan fingerprint density at radius 1 is 1.47 bits per heavy atom. The number of carbonyl (C=O) groups is 1. The lowest BCUT2D eigenvalue weighted by Gasteiger charge is -2.06. The fourth-order valence-corrected chi connectivity index (χ4v) is 1.56. The van der Waals surface area contributed by atoms with Crippen molar-refractivity contribution in [2.24, 2.45) is 5.84 Å². The molecule has 3 N–H and O–H groups in total. The molecular weight excluding hydrogens is 275 g/mol. The molecule has 0 fully saturated rings. The molecule has 2 rings (SSSR count). The number of amides is 1. The largest absolute Gasteiger partial charge is 0.489 e. The number of benzene rings is 1. The zero-order valence-corrected chi connectivity index (χ0v) is 10.4. The normalized spacial score (nSPS) is 10.3. The van der Waals surface area contributed by atoms with Crippen molar-refractivity contribution in [2.75, 3.05) is 0 Å². The van der Waals surface area contributed by atoms with Crippen LogP contribution in [0.15, 0.2) is 34.9 Å². The maximum absolute atomic E-state index is 13.2. The van der Waals surface area contributed by atoms with Crippen LogP contribution in [-0.2, 0) is 6.61 Å². The third-order valence-corrected chi connectivity index (χ3v) is 2.68. The van der Waals surface area contributed by atoms with Crippen LogP contribution in [0.3, 0.4) is 0 Å². The number of nitrogens with one attached hydrogen (secondary N) is 1. The molecule has 1 heterocycles. The summed E-state index contributed by atoms with van der Waals surface area (Å²) in [6.07, 6.45) is 1.34. The molecule has 0 radical (unpaired) electrons. The molecule has 5 nitrogen and oxygen atoms in total. The monoisotopic (exact) mass is 284 g/mol. The molecule has 1 aromatic heterocycles. The average molecular weight is 285 g/mol. The number of nitrogen functional groups attached to an aromatic ring is 1.